The molecular weight excluding hydrogens is 348 g/mol. The third kappa shape index (κ3) is 4.13. The Kier molecular flexibility index (Phi) is 5.49. The fourth-order valence-corrected chi connectivity index (χ4v) is 2.73. The number of nitrogens with zero attached hydrogens (tertiary/aromatic N) is 2. The standard InChI is InChI=1S/C20H22N2O5/c1-14-8-9-16-15(12-14)22(20(24)27-16)13-19(23)21(2)10-11-26-18-7-5-4-6-17(18)25-3/h4-9,12H,10-11,13H2,1-3H3. The summed E-state index contributed by atoms with van der Waals surface area (Å²) in [5.74, 6) is 0.513. The predicted octanol–water partition coefficient (Wildman–Crippen LogP) is 2.45. The van der Waals surface area contributed by atoms with E-state index in [2.05, 4.69) is 0 Å². The molecule has 0 radical (unpaired) electrons. The number of oxazole rings is 1. The average Bonchev–Trinajstić information content (AvgIpc) is 2.96. The molecule has 0 spiro atoms. The first-order valence-corrected chi connectivity index (χ1v) is 8.59. The van der Waals surface area contributed by atoms with Gasteiger partial charge in [0, 0.05) is 7.05 Å². The lowest BCUT2D eigenvalue weighted by Gasteiger charge is -2.18. The van der Waals surface area contributed by atoms with Gasteiger partial charge in [-0.3, -0.25) is 9.36 Å². The van der Waals surface area contributed by atoms with Crippen molar-refractivity contribution in [3.05, 3.63) is 58.6 Å². The van der Waals surface area contributed by atoms with E-state index in [-0.39, 0.29) is 12.5 Å². The lowest BCUT2D eigenvalue weighted by molar-refractivity contribution is -0.130. The van der Waals surface area contributed by atoms with E-state index < -0.39 is 5.76 Å². The highest BCUT2D eigenvalue weighted by Crippen LogP contribution is 2.25. The van der Waals surface area contributed by atoms with Gasteiger partial charge in [0.25, 0.3) is 0 Å². The molecule has 0 aliphatic rings. The highest BCUT2D eigenvalue weighted by Gasteiger charge is 2.16. The van der Waals surface area contributed by atoms with Gasteiger partial charge < -0.3 is 18.8 Å². The van der Waals surface area contributed by atoms with E-state index in [9.17, 15) is 9.59 Å². The highest BCUT2D eigenvalue weighted by atomic mass is 16.5. The molecule has 1 amide bonds. The minimum atomic E-state index is -0.539. The maximum absolute atomic E-state index is 12.5. The molecule has 27 heavy (non-hydrogen) atoms. The van der Waals surface area contributed by atoms with Crippen molar-refractivity contribution in [3.8, 4) is 11.5 Å². The van der Waals surface area contributed by atoms with E-state index in [4.69, 9.17) is 13.9 Å². The van der Waals surface area contributed by atoms with Crippen LogP contribution < -0.4 is 15.2 Å². The summed E-state index contributed by atoms with van der Waals surface area (Å²) in [5.41, 5.74) is 2.08. The number of amides is 1. The van der Waals surface area contributed by atoms with E-state index >= 15 is 0 Å². The fraction of sp³-hybridized carbons (Fsp3) is 0.300. The molecule has 142 valence electrons. The van der Waals surface area contributed by atoms with Crippen LogP contribution in [0.1, 0.15) is 5.56 Å². The van der Waals surface area contributed by atoms with Crippen LogP contribution in [-0.2, 0) is 11.3 Å². The first kappa shape index (κ1) is 18.6. The molecule has 2 aromatic carbocycles. The smallest absolute Gasteiger partial charge is 0.420 e. The summed E-state index contributed by atoms with van der Waals surface area (Å²) in [6.45, 7) is 2.52. The monoisotopic (exact) mass is 370 g/mol. The number of methoxy groups -OCH3 is 1. The third-order valence-electron chi connectivity index (χ3n) is 4.30. The molecule has 0 aliphatic heterocycles. The molecule has 3 rings (SSSR count). The van der Waals surface area contributed by atoms with Crippen LogP contribution in [0.15, 0.2) is 51.7 Å². The summed E-state index contributed by atoms with van der Waals surface area (Å²) >= 11 is 0. The zero-order chi connectivity index (χ0) is 19.4. The van der Waals surface area contributed by atoms with E-state index in [1.165, 1.54) is 9.47 Å². The Morgan fingerprint density at radius 3 is 2.67 bits per heavy atom. The SMILES string of the molecule is COc1ccccc1OCCN(C)C(=O)Cn1c(=O)oc2ccc(C)cc21. The number of fused-ring (bicyclic) bond motifs is 1. The molecule has 1 heterocycles. The Balaban J connectivity index is 1.62. The van der Waals surface area contributed by atoms with Crippen LogP contribution in [0.5, 0.6) is 11.5 Å². The fourth-order valence-electron chi connectivity index (χ4n) is 2.73. The minimum absolute atomic E-state index is 0.0829. The van der Waals surface area contributed by atoms with Crippen LogP contribution in [0.4, 0.5) is 0 Å². The van der Waals surface area contributed by atoms with Crippen molar-refractivity contribution in [1.29, 1.82) is 0 Å². The summed E-state index contributed by atoms with van der Waals surface area (Å²) in [6.07, 6.45) is 0. The molecule has 7 nitrogen and oxygen atoms in total. The van der Waals surface area contributed by atoms with Gasteiger partial charge in [0.2, 0.25) is 5.91 Å². The molecule has 0 fully saturated rings. The summed E-state index contributed by atoms with van der Waals surface area (Å²) in [5, 5.41) is 0. The van der Waals surface area contributed by atoms with Crippen LogP contribution in [0.3, 0.4) is 0 Å². The second-order valence-corrected chi connectivity index (χ2v) is 6.24. The molecule has 0 saturated heterocycles. The zero-order valence-electron chi connectivity index (χ0n) is 15.6. The summed E-state index contributed by atoms with van der Waals surface area (Å²) in [6, 6.07) is 12.7. The van der Waals surface area contributed by atoms with Crippen LogP contribution in [0, 0.1) is 6.92 Å². The van der Waals surface area contributed by atoms with Crippen molar-refractivity contribution < 1.29 is 18.7 Å². The maximum atomic E-state index is 12.5. The molecule has 0 N–H and O–H groups in total. The second-order valence-electron chi connectivity index (χ2n) is 6.24. The maximum Gasteiger partial charge on any atom is 0.420 e. The van der Waals surface area contributed by atoms with Crippen molar-refractivity contribution in [2.24, 2.45) is 0 Å². The number of carbonyl (C=O) groups excluding carboxylic acids is 1. The number of hydrogen-bond donors (Lipinski definition) is 0. The van der Waals surface area contributed by atoms with Crippen molar-refractivity contribution in [2.45, 2.75) is 13.5 Å². The molecule has 0 atom stereocenters. The van der Waals surface area contributed by atoms with Crippen LogP contribution in [0.2, 0.25) is 0 Å². The number of para-hydroxylation sites is 2. The van der Waals surface area contributed by atoms with Gasteiger partial charge in [-0.1, -0.05) is 18.2 Å². The number of hydrogen-bond acceptors (Lipinski definition) is 5. The first-order chi connectivity index (χ1) is 13.0. The first-order valence-electron chi connectivity index (χ1n) is 8.59. The second kappa shape index (κ2) is 7.99. The molecule has 7 heteroatoms. The van der Waals surface area contributed by atoms with Gasteiger partial charge in [0.1, 0.15) is 13.2 Å². The van der Waals surface area contributed by atoms with Gasteiger partial charge in [-0.25, -0.2) is 4.79 Å². The molecular formula is C20H22N2O5. The van der Waals surface area contributed by atoms with Crippen LogP contribution in [-0.4, -0.2) is 42.7 Å². The molecule has 1 aromatic heterocycles. The molecule has 3 aromatic rings. The van der Waals surface area contributed by atoms with Gasteiger partial charge in [0.15, 0.2) is 17.1 Å². The Hall–Kier alpha value is -3.22. The number of rotatable bonds is 7. The molecule has 0 bridgehead atoms. The van der Waals surface area contributed by atoms with Gasteiger partial charge in [-0.05, 0) is 36.8 Å². The van der Waals surface area contributed by atoms with Crippen LogP contribution in [0.25, 0.3) is 11.1 Å². The van der Waals surface area contributed by atoms with Crippen molar-refractivity contribution in [1.82, 2.24) is 9.47 Å². The third-order valence-corrected chi connectivity index (χ3v) is 4.30. The summed E-state index contributed by atoms with van der Waals surface area (Å²) in [7, 11) is 3.25. The lowest BCUT2D eigenvalue weighted by Crippen LogP contribution is -2.35. The number of benzene rings is 2. The molecule has 0 aliphatic carbocycles. The highest BCUT2D eigenvalue weighted by molar-refractivity contribution is 5.79. The summed E-state index contributed by atoms with van der Waals surface area (Å²) < 4.78 is 17.5. The molecule has 0 saturated carbocycles. The van der Waals surface area contributed by atoms with E-state index in [0.717, 1.165) is 5.56 Å². The van der Waals surface area contributed by atoms with E-state index in [0.29, 0.717) is 35.8 Å². The lowest BCUT2D eigenvalue weighted by atomic mass is 10.2. The van der Waals surface area contributed by atoms with Crippen molar-refractivity contribution in [3.63, 3.8) is 0 Å². The zero-order valence-corrected chi connectivity index (χ0v) is 15.6. The minimum Gasteiger partial charge on any atom is -0.493 e. The Morgan fingerprint density at radius 1 is 1.19 bits per heavy atom. The van der Waals surface area contributed by atoms with Crippen LogP contribution >= 0.6 is 0 Å². The van der Waals surface area contributed by atoms with Gasteiger partial charge >= 0.3 is 5.76 Å². The number of carbonyl (C=O) groups is 1. The van der Waals surface area contributed by atoms with Gasteiger partial charge in [0.05, 0.1) is 19.2 Å². The topological polar surface area (TPSA) is 73.9 Å². The number of likely N-dealkylation sites (N-methyl/N-ethyl adjacent to an activating group) is 1. The average molecular weight is 370 g/mol. The van der Waals surface area contributed by atoms with E-state index in [1.54, 1.807) is 26.3 Å². The number of ether oxygens (including phenoxy) is 2. The quantitative estimate of drug-likeness (QED) is 0.639. The largest absolute Gasteiger partial charge is 0.493 e. The van der Waals surface area contributed by atoms with Gasteiger partial charge in [-0.15, -0.1) is 0 Å². The Morgan fingerprint density at radius 2 is 1.93 bits per heavy atom. The number of aromatic nitrogens is 1. The van der Waals surface area contributed by atoms with E-state index in [1.807, 2.05) is 37.3 Å². The number of aryl methyl sites for hydroxylation is 1. The Labute approximate surface area is 156 Å². The van der Waals surface area contributed by atoms with Crippen molar-refractivity contribution in [2.75, 3.05) is 27.3 Å². The Bertz CT molecular complexity index is 1010. The van der Waals surface area contributed by atoms with Crippen molar-refractivity contribution >= 4 is 17.0 Å². The molecule has 0 unspecified atom stereocenters. The summed E-state index contributed by atoms with van der Waals surface area (Å²) in [4.78, 5) is 26.1. The normalized spacial score (nSPS) is 10.8. The van der Waals surface area contributed by atoms with Gasteiger partial charge in [-0.2, -0.15) is 0 Å². The predicted molar refractivity (Wildman–Crippen MR) is 101 cm³/mol.